The Morgan fingerprint density at radius 2 is 2.00 bits per heavy atom. The van der Waals surface area contributed by atoms with Crippen LogP contribution in [-0.4, -0.2) is 60.3 Å². The van der Waals surface area contributed by atoms with Crippen LogP contribution in [-0.2, 0) is 16.0 Å². The number of nitrogens with one attached hydrogen (secondary N) is 2. The molecule has 1 aromatic heterocycles. The number of allylic oxidation sites excluding steroid dienone is 1. The predicted octanol–water partition coefficient (Wildman–Crippen LogP) is 2.77. The topological polar surface area (TPSA) is 148 Å². The molecule has 0 bridgehead atoms. The van der Waals surface area contributed by atoms with E-state index in [9.17, 15) is 19.8 Å². The summed E-state index contributed by atoms with van der Waals surface area (Å²) in [5.41, 5.74) is 3.95. The molecule has 2 heterocycles. The zero-order chi connectivity index (χ0) is 28.1. The molecule has 2 amide bonds. The molecule has 39 heavy (non-hydrogen) atoms. The fourth-order valence-corrected chi connectivity index (χ4v) is 5.01. The fourth-order valence-electron chi connectivity index (χ4n) is 4.59. The van der Waals surface area contributed by atoms with E-state index in [1.807, 2.05) is 18.2 Å². The van der Waals surface area contributed by atoms with Crippen LogP contribution in [0.5, 0.6) is 0 Å². The van der Waals surface area contributed by atoms with Crippen LogP contribution < -0.4 is 16.2 Å². The summed E-state index contributed by atoms with van der Waals surface area (Å²) in [4.78, 5) is 27.7. The lowest BCUT2D eigenvalue weighted by Gasteiger charge is -2.38. The fraction of sp³-hybridized carbons (Fsp3) is 0.296. The van der Waals surface area contributed by atoms with Crippen molar-refractivity contribution in [1.29, 1.82) is 0 Å². The average Bonchev–Trinajstić information content (AvgIpc) is 3.48. The first kappa shape index (κ1) is 29.0. The molecule has 1 unspecified atom stereocenters. The van der Waals surface area contributed by atoms with Gasteiger partial charge in [-0.3, -0.25) is 19.7 Å². The Hall–Kier alpha value is -2.97. The molecule has 0 radical (unpaired) electrons. The van der Waals surface area contributed by atoms with Gasteiger partial charge in [-0.15, -0.1) is 0 Å². The van der Waals surface area contributed by atoms with Crippen LogP contribution in [0.25, 0.3) is 0 Å². The maximum absolute atomic E-state index is 13.4. The number of aliphatic hydroxyl groups excluding tert-OH is 2. The van der Waals surface area contributed by atoms with Gasteiger partial charge in [0.15, 0.2) is 12.2 Å². The third kappa shape index (κ3) is 6.61. The Bertz CT molecular complexity index is 1320. The number of carbonyl (C=O) groups is 2. The maximum atomic E-state index is 13.4. The van der Waals surface area contributed by atoms with E-state index in [4.69, 9.17) is 17.4 Å². The summed E-state index contributed by atoms with van der Waals surface area (Å²) in [6.07, 6.45) is 1.82. The standard InChI is InChI=1S/C27H30ClIN6O4/c1-16(17-3-6-20(7-4-17)35(30)13-2-11-29)32-26(38)24(36)25(37)27(39)34-14-10-18-15-19(28)5-8-21(18)23(34)22-9-12-31-33-22/h2-9,12-13,15-16,23-25,36-37H,10-11,14,30H2,1H3,(H,31,33)(H,32,38)/b13-2-/t16-,23?,24-,25-/m1/s1. The molecule has 6 N–H and O–H groups in total. The minimum Gasteiger partial charge on any atom is -0.380 e. The highest BCUT2D eigenvalue weighted by Gasteiger charge is 2.40. The first-order chi connectivity index (χ1) is 18.7. The van der Waals surface area contributed by atoms with E-state index in [0.29, 0.717) is 17.1 Å². The Balaban J connectivity index is 1.45. The van der Waals surface area contributed by atoms with Gasteiger partial charge in [0.1, 0.15) is 0 Å². The molecule has 12 heteroatoms. The zero-order valence-corrected chi connectivity index (χ0v) is 24.1. The van der Waals surface area contributed by atoms with Gasteiger partial charge in [-0.05, 0) is 60.4 Å². The molecule has 4 rings (SSSR count). The predicted molar refractivity (Wildman–Crippen MR) is 157 cm³/mol. The number of hydrazine groups is 1. The molecule has 0 saturated heterocycles. The van der Waals surface area contributed by atoms with E-state index in [2.05, 4.69) is 38.1 Å². The number of hydrogen-bond donors (Lipinski definition) is 5. The van der Waals surface area contributed by atoms with E-state index in [1.54, 1.807) is 55.7 Å². The van der Waals surface area contributed by atoms with Crippen molar-refractivity contribution in [3.8, 4) is 0 Å². The Morgan fingerprint density at radius 1 is 1.26 bits per heavy atom. The van der Waals surface area contributed by atoms with Gasteiger partial charge in [0.25, 0.3) is 11.8 Å². The van der Waals surface area contributed by atoms with Gasteiger partial charge in [0, 0.05) is 28.4 Å². The van der Waals surface area contributed by atoms with Crippen LogP contribution >= 0.6 is 34.2 Å². The molecule has 1 aliphatic rings. The van der Waals surface area contributed by atoms with Crippen molar-refractivity contribution in [1.82, 2.24) is 20.4 Å². The van der Waals surface area contributed by atoms with Crippen LogP contribution in [0, 0.1) is 0 Å². The molecule has 1 aliphatic heterocycles. The van der Waals surface area contributed by atoms with Gasteiger partial charge >= 0.3 is 0 Å². The number of halogens is 2. The average molecular weight is 665 g/mol. The number of H-pyrrole nitrogens is 1. The first-order valence-corrected chi connectivity index (χ1v) is 14.2. The first-order valence-electron chi connectivity index (χ1n) is 12.3. The Kier molecular flexibility index (Phi) is 9.62. The number of anilines is 1. The minimum absolute atomic E-state index is 0.259. The summed E-state index contributed by atoms with van der Waals surface area (Å²) >= 11 is 8.39. The molecule has 3 aromatic rings. The molecule has 0 saturated carbocycles. The van der Waals surface area contributed by atoms with Gasteiger partial charge in [-0.25, -0.2) is 5.84 Å². The van der Waals surface area contributed by atoms with Crippen LogP contribution in [0.4, 0.5) is 5.69 Å². The third-order valence-corrected chi connectivity index (χ3v) is 7.40. The van der Waals surface area contributed by atoms with Crippen LogP contribution in [0.2, 0.25) is 5.02 Å². The summed E-state index contributed by atoms with van der Waals surface area (Å²) in [6.45, 7) is 2.00. The quantitative estimate of drug-likeness (QED) is 0.102. The highest BCUT2D eigenvalue weighted by atomic mass is 127. The second-order valence-electron chi connectivity index (χ2n) is 9.20. The highest BCUT2D eigenvalue weighted by molar-refractivity contribution is 14.1. The number of carbonyl (C=O) groups excluding carboxylic acids is 2. The maximum Gasteiger partial charge on any atom is 0.255 e. The van der Waals surface area contributed by atoms with Crippen molar-refractivity contribution >= 4 is 51.7 Å². The van der Waals surface area contributed by atoms with Crippen LogP contribution in [0.15, 0.2) is 67.0 Å². The molecule has 0 aliphatic carbocycles. The number of benzene rings is 2. The Labute approximate surface area is 244 Å². The van der Waals surface area contributed by atoms with Gasteiger partial charge < -0.3 is 20.4 Å². The number of alkyl halides is 1. The van der Waals surface area contributed by atoms with Crippen molar-refractivity contribution in [2.24, 2.45) is 5.84 Å². The SMILES string of the molecule is C[C@@H](NC(=O)[C@H](O)[C@@H](O)C(=O)N1CCc2cc(Cl)ccc2C1c1ccn[nH]1)c1ccc(N(N)/C=C\CI)cc1. The molecule has 0 spiro atoms. The molecule has 0 fully saturated rings. The molecule has 206 valence electrons. The zero-order valence-electron chi connectivity index (χ0n) is 21.2. The number of fused-ring (bicyclic) bond motifs is 1. The van der Waals surface area contributed by atoms with Crippen molar-refractivity contribution in [2.75, 3.05) is 16.0 Å². The summed E-state index contributed by atoms with van der Waals surface area (Å²) in [5, 5.41) is 33.1. The number of aromatic nitrogens is 2. The monoisotopic (exact) mass is 664 g/mol. The number of aliphatic hydroxyl groups is 2. The van der Waals surface area contributed by atoms with Crippen molar-refractivity contribution in [2.45, 2.75) is 37.6 Å². The smallest absolute Gasteiger partial charge is 0.255 e. The Morgan fingerprint density at radius 3 is 2.67 bits per heavy atom. The molecular formula is C27H30ClIN6O4. The number of nitrogens with zero attached hydrogens (tertiary/aromatic N) is 3. The van der Waals surface area contributed by atoms with Crippen LogP contribution in [0.3, 0.4) is 0 Å². The van der Waals surface area contributed by atoms with E-state index in [1.165, 1.54) is 9.91 Å². The van der Waals surface area contributed by atoms with Crippen LogP contribution in [0.1, 0.15) is 41.4 Å². The van der Waals surface area contributed by atoms with Gasteiger partial charge in [0.2, 0.25) is 0 Å². The normalized spacial score (nSPS) is 17.4. The van der Waals surface area contributed by atoms with Crippen molar-refractivity contribution < 1.29 is 19.8 Å². The van der Waals surface area contributed by atoms with Crippen molar-refractivity contribution in [3.05, 3.63) is 94.4 Å². The lowest BCUT2D eigenvalue weighted by atomic mass is 9.90. The molecule has 4 atom stereocenters. The summed E-state index contributed by atoms with van der Waals surface area (Å²) in [6, 6.07) is 13.3. The van der Waals surface area contributed by atoms with E-state index in [-0.39, 0.29) is 6.54 Å². The molecule has 10 nitrogen and oxygen atoms in total. The molecule has 2 aromatic carbocycles. The van der Waals surface area contributed by atoms with E-state index < -0.39 is 36.1 Å². The summed E-state index contributed by atoms with van der Waals surface area (Å²) in [5.74, 6) is 4.36. The number of amides is 2. The number of hydrogen-bond acceptors (Lipinski definition) is 7. The molecular weight excluding hydrogens is 635 g/mol. The number of rotatable bonds is 9. The third-order valence-electron chi connectivity index (χ3n) is 6.66. The number of nitrogens with two attached hydrogens (primary N) is 1. The summed E-state index contributed by atoms with van der Waals surface area (Å²) < 4.78 is 0.826. The minimum atomic E-state index is -1.97. The lowest BCUT2D eigenvalue weighted by Crippen LogP contribution is -2.53. The second-order valence-corrected chi connectivity index (χ2v) is 10.5. The van der Waals surface area contributed by atoms with E-state index >= 15 is 0 Å². The second kappa shape index (κ2) is 12.9. The van der Waals surface area contributed by atoms with Crippen molar-refractivity contribution in [3.63, 3.8) is 0 Å². The summed E-state index contributed by atoms with van der Waals surface area (Å²) in [7, 11) is 0. The highest BCUT2D eigenvalue weighted by Crippen LogP contribution is 2.36. The largest absolute Gasteiger partial charge is 0.380 e. The van der Waals surface area contributed by atoms with Gasteiger partial charge in [-0.1, -0.05) is 58.5 Å². The lowest BCUT2D eigenvalue weighted by molar-refractivity contribution is -0.155. The van der Waals surface area contributed by atoms with Gasteiger partial charge in [0.05, 0.1) is 23.5 Å². The van der Waals surface area contributed by atoms with E-state index in [0.717, 1.165) is 26.8 Å². The number of aromatic amines is 1. The van der Waals surface area contributed by atoms with Gasteiger partial charge in [-0.2, -0.15) is 5.10 Å².